The molecule has 1 saturated carbocycles. The Morgan fingerprint density at radius 2 is 2.08 bits per heavy atom. The first-order valence-electron chi connectivity index (χ1n) is 8.91. The van der Waals surface area contributed by atoms with Gasteiger partial charge in [0.05, 0.1) is 0 Å². The number of hydrogen-bond acceptors (Lipinski definition) is 5. The third-order valence-electron chi connectivity index (χ3n) is 5.13. The predicted octanol–water partition coefficient (Wildman–Crippen LogP) is 1.98. The first-order chi connectivity index (χ1) is 11.8. The van der Waals surface area contributed by atoms with Gasteiger partial charge in [-0.15, -0.1) is 11.3 Å². The van der Waals surface area contributed by atoms with Crippen molar-refractivity contribution in [2.45, 2.75) is 44.0 Å². The number of nitrogens with two attached hydrogens (primary N) is 1. The fourth-order valence-electron chi connectivity index (χ4n) is 3.56. The highest BCUT2D eigenvalue weighted by molar-refractivity contribution is 7.89. The van der Waals surface area contributed by atoms with Gasteiger partial charge in [0, 0.05) is 32.2 Å². The molecule has 2 fully saturated rings. The van der Waals surface area contributed by atoms with Crippen LogP contribution in [0, 0.1) is 11.8 Å². The van der Waals surface area contributed by atoms with Gasteiger partial charge in [-0.2, -0.15) is 0 Å². The van der Waals surface area contributed by atoms with Crippen molar-refractivity contribution in [3.63, 3.8) is 0 Å². The summed E-state index contributed by atoms with van der Waals surface area (Å²) >= 11 is 1.15. The Kier molecular flexibility index (Phi) is 5.53. The maximum atomic E-state index is 13.0. The predicted molar refractivity (Wildman–Crippen MR) is 99.1 cm³/mol. The number of carbonyl (C=O) groups is 1. The lowest BCUT2D eigenvalue weighted by molar-refractivity contribution is 0.0705. The molecular formula is C17H27N3O3S2. The van der Waals surface area contributed by atoms with E-state index >= 15 is 0 Å². The first kappa shape index (κ1) is 18.8. The minimum Gasteiger partial charge on any atom is -0.336 e. The van der Waals surface area contributed by atoms with Gasteiger partial charge in [-0.05, 0) is 42.5 Å². The molecule has 2 heterocycles. The van der Waals surface area contributed by atoms with Crippen LogP contribution in [0.2, 0.25) is 0 Å². The topological polar surface area (TPSA) is 83.7 Å². The van der Waals surface area contributed by atoms with E-state index in [4.69, 9.17) is 5.14 Å². The molecule has 6 nitrogen and oxygen atoms in total. The van der Waals surface area contributed by atoms with E-state index in [1.54, 1.807) is 5.38 Å². The van der Waals surface area contributed by atoms with Crippen LogP contribution in [0.1, 0.15) is 42.8 Å². The van der Waals surface area contributed by atoms with Crippen LogP contribution in [0.5, 0.6) is 0 Å². The zero-order valence-corrected chi connectivity index (χ0v) is 16.5. The molecule has 0 bridgehead atoms. The molecule has 1 aliphatic heterocycles. The van der Waals surface area contributed by atoms with Crippen molar-refractivity contribution < 1.29 is 13.2 Å². The van der Waals surface area contributed by atoms with Crippen molar-refractivity contribution in [3.8, 4) is 0 Å². The number of primary sulfonamides is 1. The lowest BCUT2D eigenvalue weighted by Gasteiger charge is -2.34. The van der Waals surface area contributed by atoms with Crippen molar-refractivity contribution in [1.82, 2.24) is 9.80 Å². The van der Waals surface area contributed by atoms with Crippen molar-refractivity contribution in [2.24, 2.45) is 17.0 Å². The summed E-state index contributed by atoms with van der Waals surface area (Å²) in [6, 6.07) is 1.73. The average molecular weight is 386 g/mol. The molecular weight excluding hydrogens is 358 g/mol. The molecule has 2 N–H and O–H groups in total. The largest absolute Gasteiger partial charge is 0.336 e. The summed E-state index contributed by atoms with van der Waals surface area (Å²) in [6.07, 6.45) is 3.55. The highest BCUT2D eigenvalue weighted by Gasteiger charge is 2.34. The van der Waals surface area contributed by atoms with Crippen LogP contribution in [-0.4, -0.2) is 56.3 Å². The molecule has 25 heavy (non-hydrogen) atoms. The van der Waals surface area contributed by atoms with Crippen molar-refractivity contribution in [3.05, 3.63) is 16.3 Å². The smallest absolute Gasteiger partial charge is 0.265 e. The maximum Gasteiger partial charge on any atom is 0.265 e. The van der Waals surface area contributed by atoms with Crippen molar-refractivity contribution in [1.29, 1.82) is 0 Å². The van der Waals surface area contributed by atoms with E-state index < -0.39 is 10.0 Å². The zero-order chi connectivity index (χ0) is 18.2. The second-order valence-corrected chi connectivity index (χ2v) is 9.96. The zero-order valence-electron chi connectivity index (χ0n) is 14.8. The van der Waals surface area contributed by atoms with E-state index in [-0.39, 0.29) is 15.7 Å². The summed E-state index contributed by atoms with van der Waals surface area (Å²) < 4.78 is 23.5. The quantitative estimate of drug-likeness (QED) is 0.840. The number of hydrogen-bond donors (Lipinski definition) is 1. The number of sulfonamides is 1. The Labute approximate surface area is 154 Å². The summed E-state index contributed by atoms with van der Waals surface area (Å²) in [7, 11) is -3.88. The van der Waals surface area contributed by atoms with Gasteiger partial charge in [0.1, 0.15) is 9.77 Å². The second kappa shape index (κ2) is 7.34. The van der Waals surface area contributed by atoms with Crippen LogP contribution >= 0.6 is 11.3 Å². The van der Waals surface area contributed by atoms with Crippen LogP contribution in [0.4, 0.5) is 0 Å². The van der Waals surface area contributed by atoms with Gasteiger partial charge in [0.2, 0.25) is 10.0 Å². The minimum absolute atomic E-state index is 0.0531. The Hall–Kier alpha value is -0.960. The molecule has 0 radical (unpaired) electrons. The molecule has 8 heteroatoms. The van der Waals surface area contributed by atoms with Crippen molar-refractivity contribution in [2.75, 3.05) is 26.2 Å². The molecule has 1 aliphatic carbocycles. The van der Waals surface area contributed by atoms with Gasteiger partial charge < -0.3 is 4.90 Å². The second-order valence-electron chi connectivity index (χ2n) is 7.51. The van der Waals surface area contributed by atoms with Gasteiger partial charge in [0.15, 0.2) is 0 Å². The van der Waals surface area contributed by atoms with Crippen LogP contribution in [0.3, 0.4) is 0 Å². The summed E-state index contributed by atoms with van der Waals surface area (Å²) in [4.78, 5) is 17.5. The van der Waals surface area contributed by atoms with Gasteiger partial charge in [-0.1, -0.05) is 13.8 Å². The Morgan fingerprint density at radius 1 is 1.36 bits per heavy atom. The van der Waals surface area contributed by atoms with E-state index in [9.17, 15) is 13.2 Å². The Morgan fingerprint density at radius 3 is 2.68 bits per heavy atom. The van der Waals surface area contributed by atoms with Crippen LogP contribution in [-0.2, 0) is 10.0 Å². The van der Waals surface area contributed by atoms with Crippen LogP contribution < -0.4 is 5.14 Å². The highest BCUT2D eigenvalue weighted by Crippen LogP contribution is 2.32. The monoisotopic (exact) mass is 385 g/mol. The number of amides is 1. The minimum atomic E-state index is -3.88. The normalized spacial score (nSPS) is 23.0. The fraction of sp³-hybridized carbons (Fsp3) is 0.706. The van der Waals surface area contributed by atoms with Crippen LogP contribution in [0.25, 0.3) is 0 Å². The van der Waals surface area contributed by atoms with E-state index in [1.165, 1.54) is 18.9 Å². The number of carbonyl (C=O) groups excluding carboxylic acids is 1. The molecule has 2 aliphatic rings. The maximum absolute atomic E-state index is 13.0. The summed E-state index contributed by atoms with van der Waals surface area (Å²) in [5.41, 5.74) is 0. The van der Waals surface area contributed by atoms with Gasteiger partial charge in [-0.3, -0.25) is 9.69 Å². The molecule has 1 saturated heterocycles. The summed E-state index contributed by atoms with van der Waals surface area (Å²) in [6.45, 7) is 7.80. The molecule has 1 atom stereocenters. The molecule has 1 amide bonds. The third kappa shape index (κ3) is 4.42. The lowest BCUT2D eigenvalue weighted by Crippen LogP contribution is -2.46. The first-order valence-corrected chi connectivity index (χ1v) is 11.3. The van der Waals surface area contributed by atoms with Gasteiger partial charge in [0.25, 0.3) is 5.91 Å². The standard InChI is InChI=1S/C17H27N3O3S2/c1-12(2)14-11-20(8-3-7-19(14)10-13-4-5-13)17(21)16-15(6-9-24-16)25(18,22)23/h6,9,12-14H,3-5,7-8,10-11H2,1-2H3,(H2,18,22,23)/t14-/m0/s1. The van der Waals surface area contributed by atoms with Gasteiger partial charge >= 0.3 is 0 Å². The number of thiophene rings is 1. The summed E-state index contributed by atoms with van der Waals surface area (Å²) in [5.74, 6) is 1.04. The molecule has 3 rings (SSSR count). The molecule has 140 valence electrons. The van der Waals surface area contributed by atoms with E-state index in [1.807, 2.05) is 4.90 Å². The van der Waals surface area contributed by atoms with Crippen LogP contribution in [0.15, 0.2) is 16.3 Å². The van der Waals surface area contributed by atoms with E-state index in [2.05, 4.69) is 18.7 Å². The molecule has 0 aromatic carbocycles. The summed E-state index contributed by atoms with van der Waals surface area (Å²) in [5, 5.41) is 6.87. The van der Waals surface area contributed by atoms with Gasteiger partial charge in [-0.25, -0.2) is 13.6 Å². The van der Waals surface area contributed by atoms with E-state index in [0.29, 0.717) is 25.0 Å². The fourth-order valence-corrected chi connectivity index (χ4v) is 5.50. The molecule has 0 spiro atoms. The lowest BCUT2D eigenvalue weighted by atomic mass is 10.0. The molecule has 0 unspecified atom stereocenters. The molecule has 1 aromatic heterocycles. The Bertz CT molecular complexity index is 725. The van der Waals surface area contributed by atoms with E-state index in [0.717, 1.165) is 36.8 Å². The highest BCUT2D eigenvalue weighted by atomic mass is 32.2. The molecule has 1 aromatic rings. The SMILES string of the molecule is CC(C)[C@@H]1CN(C(=O)c2sccc2S(N)(=O)=O)CCCN1CC1CC1. The number of rotatable bonds is 5. The van der Waals surface area contributed by atoms with Crippen molar-refractivity contribution >= 4 is 27.3 Å². The Balaban J connectivity index is 1.80. The number of nitrogens with zero attached hydrogens (tertiary/aromatic N) is 2. The average Bonchev–Trinajstić information content (AvgIpc) is 3.24. The third-order valence-corrected chi connectivity index (χ3v) is 7.11.